The Morgan fingerprint density at radius 3 is 2.29 bits per heavy atom. The van der Waals surface area contributed by atoms with Crippen molar-refractivity contribution in [2.75, 3.05) is 0 Å². The average molecular weight is 475 g/mol. The third-order valence-corrected chi connectivity index (χ3v) is 10.9. The maximum Gasteiger partial charge on any atom is 0.416 e. The van der Waals surface area contributed by atoms with Gasteiger partial charge in [-0.25, -0.2) is 9.78 Å². The number of thiazole rings is 1. The molecule has 1 aromatic carbocycles. The molecule has 0 bridgehead atoms. The largest absolute Gasteiger partial charge is 0.465 e. The Labute approximate surface area is 185 Å². The topological polar surface area (TPSA) is 71.5 Å². The predicted molar refractivity (Wildman–Crippen MR) is 118 cm³/mol. The standard InChI is InChI=1S/C21H29F3N2O3SSi/c1-20(2,3)31(4,5)29-18(14-6-8-15(9-7-14)21(22,23)24)16(26-19(27)28)10-11-17-25-12-13-30-17/h6-9,12-13,16,18,26H,10-11H2,1-5H3,(H,27,28)/t16-,18-/m1/s1. The summed E-state index contributed by atoms with van der Waals surface area (Å²) in [4.78, 5) is 15.8. The van der Waals surface area contributed by atoms with Crippen LogP contribution in [-0.2, 0) is 17.0 Å². The van der Waals surface area contributed by atoms with Crippen molar-refractivity contribution >= 4 is 25.7 Å². The van der Waals surface area contributed by atoms with Crippen LogP contribution in [0.1, 0.15) is 49.4 Å². The van der Waals surface area contributed by atoms with E-state index in [2.05, 4.69) is 31.1 Å². The number of carbonyl (C=O) groups is 1. The highest BCUT2D eigenvalue weighted by Gasteiger charge is 2.42. The first-order valence-electron chi connectivity index (χ1n) is 9.93. The summed E-state index contributed by atoms with van der Waals surface area (Å²) in [6, 6.07) is 4.12. The van der Waals surface area contributed by atoms with Gasteiger partial charge in [-0.2, -0.15) is 13.2 Å². The molecule has 31 heavy (non-hydrogen) atoms. The molecule has 172 valence electrons. The zero-order valence-corrected chi connectivity index (χ0v) is 20.1. The van der Waals surface area contributed by atoms with Crippen LogP contribution in [0.3, 0.4) is 0 Å². The molecule has 2 rings (SSSR count). The second-order valence-electron chi connectivity index (χ2n) is 8.94. The summed E-state index contributed by atoms with van der Waals surface area (Å²) in [5.74, 6) is 0. The van der Waals surface area contributed by atoms with Crippen molar-refractivity contribution in [3.8, 4) is 0 Å². The maximum absolute atomic E-state index is 13.0. The first-order valence-corrected chi connectivity index (χ1v) is 13.7. The fourth-order valence-corrected chi connectivity index (χ4v) is 4.78. The fourth-order valence-electron chi connectivity index (χ4n) is 2.85. The Morgan fingerprint density at radius 2 is 1.84 bits per heavy atom. The van der Waals surface area contributed by atoms with E-state index in [-0.39, 0.29) is 5.04 Å². The third kappa shape index (κ3) is 7.05. The number of halogens is 3. The molecule has 0 unspecified atom stereocenters. The van der Waals surface area contributed by atoms with Gasteiger partial charge in [-0.05, 0) is 42.2 Å². The van der Waals surface area contributed by atoms with E-state index in [4.69, 9.17) is 4.43 Å². The van der Waals surface area contributed by atoms with Crippen molar-refractivity contribution in [1.29, 1.82) is 0 Å². The molecular weight excluding hydrogens is 445 g/mol. The highest BCUT2D eigenvalue weighted by molar-refractivity contribution is 7.09. The molecule has 0 saturated carbocycles. The van der Waals surface area contributed by atoms with E-state index in [1.165, 1.54) is 23.5 Å². The van der Waals surface area contributed by atoms with E-state index in [0.717, 1.165) is 17.1 Å². The minimum absolute atomic E-state index is 0.166. The molecule has 1 heterocycles. The predicted octanol–water partition coefficient (Wildman–Crippen LogP) is 6.49. The van der Waals surface area contributed by atoms with E-state index >= 15 is 0 Å². The van der Waals surface area contributed by atoms with Gasteiger partial charge in [0.1, 0.15) is 0 Å². The molecule has 5 nitrogen and oxygen atoms in total. The van der Waals surface area contributed by atoms with Gasteiger partial charge in [0.15, 0.2) is 8.32 Å². The van der Waals surface area contributed by atoms with Crippen molar-refractivity contribution in [3.63, 3.8) is 0 Å². The molecule has 0 saturated heterocycles. The molecule has 0 spiro atoms. The Balaban J connectivity index is 2.42. The van der Waals surface area contributed by atoms with E-state index in [1.54, 1.807) is 6.20 Å². The van der Waals surface area contributed by atoms with Gasteiger partial charge in [-0.1, -0.05) is 32.9 Å². The number of benzene rings is 1. The third-order valence-electron chi connectivity index (χ3n) is 5.62. The Morgan fingerprint density at radius 1 is 1.23 bits per heavy atom. The number of carboxylic acid groups (broad SMARTS) is 1. The van der Waals surface area contributed by atoms with E-state index in [0.29, 0.717) is 18.4 Å². The van der Waals surface area contributed by atoms with E-state index in [9.17, 15) is 23.1 Å². The lowest BCUT2D eigenvalue weighted by molar-refractivity contribution is -0.137. The lowest BCUT2D eigenvalue weighted by Gasteiger charge is -2.41. The summed E-state index contributed by atoms with van der Waals surface area (Å²) in [6.45, 7) is 10.2. The number of alkyl halides is 3. The Kier molecular flexibility index (Phi) is 7.93. The number of nitrogens with zero attached hydrogens (tertiary/aromatic N) is 1. The van der Waals surface area contributed by atoms with Crippen molar-refractivity contribution in [2.45, 2.75) is 70.1 Å². The molecule has 1 amide bonds. The van der Waals surface area contributed by atoms with Crippen molar-refractivity contribution < 1.29 is 27.5 Å². The zero-order valence-electron chi connectivity index (χ0n) is 18.3. The molecule has 0 aliphatic rings. The quantitative estimate of drug-likeness (QED) is 0.429. The molecule has 0 aliphatic heterocycles. The summed E-state index contributed by atoms with van der Waals surface area (Å²) in [7, 11) is -2.38. The zero-order chi connectivity index (χ0) is 23.4. The molecule has 1 aromatic heterocycles. The summed E-state index contributed by atoms with van der Waals surface area (Å²) in [6.07, 6.45) is -3.77. The lowest BCUT2D eigenvalue weighted by Crippen LogP contribution is -2.48. The molecular formula is C21H29F3N2O3SSi. The van der Waals surface area contributed by atoms with Gasteiger partial charge >= 0.3 is 12.3 Å². The molecule has 0 radical (unpaired) electrons. The maximum atomic E-state index is 13.0. The van der Waals surface area contributed by atoms with Gasteiger partial charge in [0.25, 0.3) is 0 Å². The van der Waals surface area contributed by atoms with Crippen LogP contribution in [0.2, 0.25) is 18.1 Å². The molecule has 0 fully saturated rings. The van der Waals surface area contributed by atoms with Crippen LogP contribution in [0.15, 0.2) is 35.8 Å². The molecule has 2 atom stereocenters. The monoisotopic (exact) mass is 474 g/mol. The highest BCUT2D eigenvalue weighted by Crippen LogP contribution is 2.41. The average Bonchev–Trinajstić information content (AvgIpc) is 3.15. The van der Waals surface area contributed by atoms with Gasteiger partial charge in [-0.15, -0.1) is 11.3 Å². The van der Waals surface area contributed by atoms with Crippen molar-refractivity contribution in [2.24, 2.45) is 0 Å². The molecule has 2 aromatic rings. The summed E-state index contributed by atoms with van der Waals surface area (Å²) >= 11 is 1.47. The first-order chi connectivity index (χ1) is 14.2. The molecule has 2 N–H and O–H groups in total. The molecule has 0 aliphatic carbocycles. The summed E-state index contributed by atoms with van der Waals surface area (Å²) < 4.78 is 45.7. The van der Waals surface area contributed by atoms with Crippen LogP contribution < -0.4 is 5.32 Å². The number of aryl methyl sites for hydroxylation is 1. The minimum atomic E-state index is -4.45. The van der Waals surface area contributed by atoms with Crippen molar-refractivity contribution in [3.05, 3.63) is 52.0 Å². The first kappa shape index (κ1) is 25.3. The highest BCUT2D eigenvalue weighted by atomic mass is 32.1. The van der Waals surface area contributed by atoms with Gasteiger partial charge in [0.2, 0.25) is 0 Å². The van der Waals surface area contributed by atoms with E-state index in [1.807, 2.05) is 18.5 Å². The van der Waals surface area contributed by atoms with Crippen LogP contribution >= 0.6 is 11.3 Å². The lowest BCUT2D eigenvalue weighted by atomic mass is 9.97. The van der Waals surface area contributed by atoms with Crippen LogP contribution in [0.25, 0.3) is 0 Å². The molecule has 10 heteroatoms. The smallest absolute Gasteiger partial charge is 0.416 e. The summed E-state index contributed by atoms with van der Waals surface area (Å²) in [5.41, 5.74) is -0.247. The van der Waals surface area contributed by atoms with Gasteiger partial charge in [-0.3, -0.25) is 0 Å². The number of aromatic nitrogens is 1. The number of hydrogen-bond acceptors (Lipinski definition) is 4. The number of nitrogens with one attached hydrogen (secondary N) is 1. The van der Waals surface area contributed by atoms with Crippen LogP contribution in [0, 0.1) is 0 Å². The van der Waals surface area contributed by atoms with Crippen LogP contribution in [0.5, 0.6) is 0 Å². The number of hydrogen-bond donors (Lipinski definition) is 2. The van der Waals surface area contributed by atoms with Gasteiger partial charge < -0.3 is 14.8 Å². The summed E-state index contributed by atoms with van der Waals surface area (Å²) in [5, 5.41) is 14.5. The minimum Gasteiger partial charge on any atom is -0.465 e. The van der Waals surface area contributed by atoms with Crippen molar-refractivity contribution in [1.82, 2.24) is 10.3 Å². The number of amides is 1. The van der Waals surface area contributed by atoms with Gasteiger partial charge in [0.05, 0.1) is 22.7 Å². The van der Waals surface area contributed by atoms with Gasteiger partial charge in [0, 0.05) is 18.0 Å². The SMILES string of the molecule is CC(C)(C)[Si](C)(C)O[C@H](c1ccc(C(F)(F)F)cc1)[C@@H](CCc1nccs1)NC(=O)O. The fraction of sp³-hybridized carbons (Fsp3) is 0.524. The second kappa shape index (κ2) is 9.70. The Bertz CT molecular complexity index is 850. The Hall–Kier alpha value is -1.91. The van der Waals surface area contributed by atoms with Crippen LogP contribution in [-0.4, -0.2) is 30.5 Å². The number of rotatable bonds is 8. The van der Waals surface area contributed by atoms with Crippen LogP contribution in [0.4, 0.5) is 18.0 Å². The van der Waals surface area contributed by atoms with E-state index < -0.39 is 38.3 Å². The normalized spacial score (nSPS) is 14.8. The second-order valence-corrected chi connectivity index (χ2v) is 14.7.